The lowest BCUT2D eigenvalue weighted by atomic mass is 10.0. The van der Waals surface area contributed by atoms with Gasteiger partial charge in [0.25, 0.3) is 5.56 Å². The number of aromatic nitrogens is 1. The number of rotatable bonds is 5. The van der Waals surface area contributed by atoms with Crippen LogP contribution in [-0.4, -0.2) is 30.1 Å². The van der Waals surface area contributed by atoms with E-state index in [1.807, 2.05) is 0 Å². The van der Waals surface area contributed by atoms with Gasteiger partial charge in [0.05, 0.1) is 0 Å². The summed E-state index contributed by atoms with van der Waals surface area (Å²) in [7, 11) is 0. The van der Waals surface area contributed by atoms with Gasteiger partial charge in [-0.15, -0.1) is 12.4 Å². The highest BCUT2D eigenvalue weighted by atomic mass is 79.9. The molecule has 1 aliphatic rings. The molecule has 1 aromatic rings. The zero-order valence-electron chi connectivity index (χ0n) is 10.4. The predicted molar refractivity (Wildman–Crippen MR) is 79.6 cm³/mol. The van der Waals surface area contributed by atoms with Crippen molar-refractivity contribution >= 4 is 34.2 Å². The van der Waals surface area contributed by atoms with E-state index in [1.54, 1.807) is 12.3 Å². The van der Waals surface area contributed by atoms with Crippen molar-refractivity contribution in [1.29, 1.82) is 0 Å². The number of pyridine rings is 1. The van der Waals surface area contributed by atoms with E-state index in [0.717, 1.165) is 24.1 Å². The first-order chi connectivity index (χ1) is 8.65. The highest BCUT2D eigenvalue weighted by Crippen LogP contribution is 2.05. The van der Waals surface area contributed by atoms with Crippen molar-refractivity contribution in [3.63, 3.8) is 0 Å². The summed E-state index contributed by atoms with van der Waals surface area (Å²) in [6, 6.07) is 3.19. The van der Waals surface area contributed by atoms with Crippen molar-refractivity contribution in [1.82, 2.24) is 15.2 Å². The minimum atomic E-state index is -0.0887. The molecule has 0 radical (unpaired) electrons. The summed E-state index contributed by atoms with van der Waals surface area (Å²) >= 11 is 3.30. The van der Waals surface area contributed by atoms with Crippen molar-refractivity contribution in [3.8, 4) is 0 Å². The minimum absolute atomic E-state index is 0. The van der Waals surface area contributed by atoms with Crippen LogP contribution in [0.4, 0.5) is 0 Å². The Bertz CT molecular complexity index is 488. The second-order valence-electron chi connectivity index (χ2n) is 4.46. The largest absolute Gasteiger partial charge is 0.356 e. The minimum Gasteiger partial charge on any atom is -0.356 e. The number of halogens is 2. The van der Waals surface area contributed by atoms with Crippen LogP contribution in [0.5, 0.6) is 0 Å². The number of hydrogen-bond donors (Lipinski definition) is 2. The zero-order chi connectivity index (χ0) is 13.0. The van der Waals surface area contributed by atoms with Gasteiger partial charge in [-0.2, -0.15) is 0 Å². The average molecular weight is 351 g/mol. The van der Waals surface area contributed by atoms with Gasteiger partial charge in [0, 0.05) is 55.3 Å². The number of nitrogens with one attached hydrogen (secondary N) is 2. The third-order valence-corrected chi connectivity index (χ3v) is 3.45. The highest BCUT2D eigenvalue weighted by Gasteiger charge is 2.16. The van der Waals surface area contributed by atoms with E-state index in [-0.39, 0.29) is 23.9 Å². The van der Waals surface area contributed by atoms with Crippen LogP contribution in [0.3, 0.4) is 0 Å². The Morgan fingerprint density at radius 1 is 1.47 bits per heavy atom. The number of amides is 1. The average Bonchev–Trinajstić information content (AvgIpc) is 2.28. The molecule has 2 N–H and O–H groups in total. The van der Waals surface area contributed by atoms with Gasteiger partial charge in [-0.05, 0) is 22.0 Å². The summed E-state index contributed by atoms with van der Waals surface area (Å²) in [5, 5.41) is 6.04. The first-order valence-electron chi connectivity index (χ1n) is 5.98. The lowest BCUT2D eigenvalue weighted by Gasteiger charge is -2.27. The van der Waals surface area contributed by atoms with Gasteiger partial charge >= 0.3 is 0 Å². The van der Waals surface area contributed by atoms with Crippen molar-refractivity contribution < 1.29 is 4.79 Å². The molecule has 19 heavy (non-hydrogen) atoms. The second kappa shape index (κ2) is 7.67. The summed E-state index contributed by atoms with van der Waals surface area (Å²) in [6.07, 6.45) is 2.03. The molecule has 1 aromatic heterocycles. The van der Waals surface area contributed by atoms with Gasteiger partial charge < -0.3 is 15.2 Å². The molecule has 2 heterocycles. The van der Waals surface area contributed by atoms with E-state index < -0.39 is 0 Å². The Kier molecular flexibility index (Phi) is 6.54. The molecule has 0 saturated carbocycles. The summed E-state index contributed by atoms with van der Waals surface area (Å²) in [6.45, 7) is 3.09. The maximum atomic E-state index is 11.6. The molecule has 106 valence electrons. The van der Waals surface area contributed by atoms with Crippen molar-refractivity contribution in [2.24, 2.45) is 5.92 Å². The van der Waals surface area contributed by atoms with E-state index in [1.165, 1.54) is 10.6 Å². The van der Waals surface area contributed by atoms with E-state index in [2.05, 4.69) is 26.6 Å². The molecule has 5 nitrogen and oxygen atoms in total. The summed E-state index contributed by atoms with van der Waals surface area (Å²) in [5.41, 5.74) is -0.0887. The number of aryl methyl sites for hydroxylation is 1. The molecule has 0 unspecified atom stereocenters. The van der Waals surface area contributed by atoms with Gasteiger partial charge in [-0.3, -0.25) is 9.59 Å². The zero-order valence-corrected chi connectivity index (χ0v) is 12.8. The molecule has 7 heteroatoms. The van der Waals surface area contributed by atoms with Gasteiger partial charge in [-0.25, -0.2) is 0 Å². The number of carbonyl (C=O) groups excluding carboxylic acids is 1. The Hall–Kier alpha value is -0.850. The maximum absolute atomic E-state index is 11.6. The smallest absolute Gasteiger partial charge is 0.250 e. The Morgan fingerprint density at radius 2 is 2.21 bits per heavy atom. The van der Waals surface area contributed by atoms with Crippen LogP contribution in [0.1, 0.15) is 6.42 Å². The fourth-order valence-electron chi connectivity index (χ4n) is 1.74. The molecule has 1 fully saturated rings. The standard InChI is InChI=1S/C12H16BrN3O2.ClH/c13-10-1-2-12(18)16(8-10)4-3-11(17)15-7-9-5-14-6-9;/h1-2,8-9,14H,3-7H2,(H,15,17);1H. The molecule has 0 atom stereocenters. The van der Waals surface area contributed by atoms with Gasteiger partial charge in [0.15, 0.2) is 0 Å². The summed E-state index contributed by atoms with van der Waals surface area (Å²) < 4.78 is 2.37. The van der Waals surface area contributed by atoms with Crippen LogP contribution in [-0.2, 0) is 11.3 Å². The van der Waals surface area contributed by atoms with E-state index in [0.29, 0.717) is 18.9 Å². The molecule has 1 amide bonds. The first kappa shape index (κ1) is 16.2. The van der Waals surface area contributed by atoms with Crippen LogP contribution in [0.15, 0.2) is 27.6 Å². The molecule has 1 saturated heterocycles. The third-order valence-electron chi connectivity index (χ3n) is 2.98. The fourth-order valence-corrected chi connectivity index (χ4v) is 2.12. The van der Waals surface area contributed by atoms with Crippen molar-refractivity contribution in [2.75, 3.05) is 19.6 Å². The van der Waals surface area contributed by atoms with Gasteiger partial charge in [0.2, 0.25) is 5.91 Å². The molecule has 2 rings (SSSR count). The lowest BCUT2D eigenvalue weighted by Crippen LogP contribution is -2.48. The molecule has 0 aromatic carbocycles. The molecule has 1 aliphatic heterocycles. The quantitative estimate of drug-likeness (QED) is 0.824. The first-order valence-corrected chi connectivity index (χ1v) is 6.78. The van der Waals surface area contributed by atoms with Gasteiger partial charge in [0.1, 0.15) is 0 Å². The number of nitrogens with zero attached hydrogens (tertiary/aromatic N) is 1. The van der Waals surface area contributed by atoms with Crippen LogP contribution >= 0.6 is 28.3 Å². The Morgan fingerprint density at radius 3 is 2.84 bits per heavy atom. The monoisotopic (exact) mass is 349 g/mol. The Balaban J connectivity index is 0.00000180. The number of hydrogen-bond acceptors (Lipinski definition) is 3. The molecule has 0 bridgehead atoms. The predicted octanol–water partition coefficient (Wildman–Crippen LogP) is 0.758. The van der Waals surface area contributed by atoms with Crippen LogP contribution < -0.4 is 16.2 Å². The Labute approximate surface area is 126 Å². The van der Waals surface area contributed by atoms with Crippen LogP contribution in [0.2, 0.25) is 0 Å². The van der Waals surface area contributed by atoms with E-state index in [9.17, 15) is 9.59 Å². The second-order valence-corrected chi connectivity index (χ2v) is 5.37. The van der Waals surface area contributed by atoms with Crippen molar-refractivity contribution in [3.05, 3.63) is 33.2 Å². The van der Waals surface area contributed by atoms with Crippen LogP contribution in [0, 0.1) is 5.92 Å². The SMILES string of the molecule is Cl.O=C(CCn1cc(Br)ccc1=O)NCC1CNC1. The molecule has 0 aliphatic carbocycles. The molecular formula is C12H17BrClN3O2. The number of carbonyl (C=O) groups is 1. The van der Waals surface area contributed by atoms with Crippen LogP contribution in [0.25, 0.3) is 0 Å². The maximum Gasteiger partial charge on any atom is 0.250 e. The topological polar surface area (TPSA) is 63.1 Å². The lowest BCUT2D eigenvalue weighted by molar-refractivity contribution is -0.121. The summed E-state index contributed by atoms with van der Waals surface area (Å²) in [5.74, 6) is 0.552. The van der Waals surface area contributed by atoms with E-state index in [4.69, 9.17) is 0 Å². The summed E-state index contributed by atoms with van der Waals surface area (Å²) in [4.78, 5) is 23.1. The normalized spacial score (nSPS) is 14.4. The highest BCUT2D eigenvalue weighted by molar-refractivity contribution is 9.10. The molecular weight excluding hydrogens is 334 g/mol. The van der Waals surface area contributed by atoms with E-state index >= 15 is 0 Å². The molecule has 0 spiro atoms. The van der Waals surface area contributed by atoms with Crippen molar-refractivity contribution in [2.45, 2.75) is 13.0 Å². The van der Waals surface area contributed by atoms with Gasteiger partial charge in [-0.1, -0.05) is 0 Å². The fraction of sp³-hybridized carbons (Fsp3) is 0.500. The third kappa shape index (κ3) is 4.97.